The first-order valence-electron chi connectivity index (χ1n) is 13.6. The first-order valence-corrected chi connectivity index (χ1v) is 15.3. The van der Waals surface area contributed by atoms with Gasteiger partial charge in [-0.05, 0) is 61.9 Å². The Hall–Kier alpha value is -4.55. The van der Waals surface area contributed by atoms with E-state index in [9.17, 15) is 24.0 Å². The van der Waals surface area contributed by atoms with Crippen molar-refractivity contribution in [3.63, 3.8) is 0 Å². The summed E-state index contributed by atoms with van der Waals surface area (Å²) in [6.45, 7) is 3.60. The van der Waals surface area contributed by atoms with Crippen molar-refractivity contribution in [3.05, 3.63) is 104 Å². The molecule has 0 radical (unpaired) electrons. The highest BCUT2D eigenvalue weighted by Gasteiger charge is 2.56. The molecule has 1 fully saturated rings. The van der Waals surface area contributed by atoms with Gasteiger partial charge in [-0.2, -0.15) is 0 Å². The third kappa shape index (κ3) is 5.28. The van der Waals surface area contributed by atoms with Gasteiger partial charge >= 0.3 is 10.8 Å². The van der Waals surface area contributed by atoms with Crippen LogP contribution in [0, 0.1) is 12.8 Å². The maximum absolute atomic E-state index is 13.9. The number of thioether (sulfide) groups is 1. The number of ether oxygens (including phenoxy) is 1. The minimum Gasteiger partial charge on any atom is -0.462 e. The molecule has 4 heterocycles. The van der Waals surface area contributed by atoms with Gasteiger partial charge in [-0.15, -0.1) is 0 Å². The molecule has 218 valence electrons. The zero-order valence-electron chi connectivity index (χ0n) is 23.2. The van der Waals surface area contributed by atoms with E-state index in [1.807, 2.05) is 25.1 Å². The molecule has 1 saturated heterocycles. The number of hydrogen-bond donors (Lipinski definition) is 1. The summed E-state index contributed by atoms with van der Waals surface area (Å²) < 4.78 is 6.35. The Bertz CT molecular complexity index is 1780. The summed E-state index contributed by atoms with van der Waals surface area (Å²) >= 11 is 2.13. The van der Waals surface area contributed by atoms with Gasteiger partial charge < -0.3 is 10.1 Å². The van der Waals surface area contributed by atoms with Gasteiger partial charge in [0.2, 0.25) is 17.7 Å². The molecule has 43 heavy (non-hydrogen) atoms. The molecule has 3 amide bonds. The number of imide groups is 1. The van der Waals surface area contributed by atoms with Crippen LogP contribution in [0.3, 0.4) is 0 Å². The summed E-state index contributed by atoms with van der Waals surface area (Å²) in [4.78, 5) is 71.7. The maximum atomic E-state index is 13.9. The van der Waals surface area contributed by atoms with Gasteiger partial charge in [-0.1, -0.05) is 46.9 Å². The average molecular weight is 615 g/mol. The number of pyridine rings is 1. The molecule has 0 aliphatic carbocycles. The number of aromatic nitrogens is 2. The molecule has 0 bridgehead atoms. The van der Waals surface area contributed by atoms with Gasteiger partial charge in [0, 0.05) is 28.9 Å². The van der Waals surface area contributed by atoms with Crippen LogP contribution < -0.4 is 15.1 Å². The molecule has 0 saturated carbocycles. The molecule has 12 heteroatoms. The average Bonchev–Trinajstić information content (AvgIpc) is 3.44. The minimum atomic E-state index is -0.787. The number of carbonyl (C=O) groups excluding carboxylic acids is 4. The Morgan fingerprint density at radius 2 is 1.74 bits per heavy atom. The summed E-state index contributed by atoms with van der Waals surface area (Å²) in [6, 6.07) is 17.0. The van der Waals surface area contributed by atoms with E-state index in [2.05, 4.69) is 10.3 Å². The Morgan fingerprint density at radius 1 is 1.00 bits per heavy atom. The molecule has 1 N–H and O–H groups in total. The predicted molar refractivity (Wildman–Crippen MR) is 162 cm³/mol. The number of rotatable bonds is 7. The normalized spacial score (nSPS) is 19.1. The molecule has 6 rings (SSSR count). The summed E-state index contributed by atoms with van der Waals surface area (Å²) in [5, 5.41) is 2.46. The van der Waals surface area contributed by atoms with Crippen molar-refractivity contribution in [1.82, 2.24) is 9.55 Å². The van der Waals surface area contributed by atoms with Crippen LogP contribution in [0.15, 0.2) is 82.9 Å². The number of aryl methyl sites for hydroxylation is 1. The summed E-state index contributed by atoms with van der Waals surface area (Å²) in [7, 11) is 0. The highest BCUT2D eigenvalue weighted by Crippen LogP contribution is 2.53. The van der Waals surface area contributed by atoms with Crippen LogP contribution >= 0.6 is 23.1 Å². The molecule has 2 aromatic heterocycles. The standard InChI is InChI=1S/C31H26N4O6S2/c1-3-41-30(39)18-8-10-20(11-9-18)33-22(36)16-34-29-26(43-31(34)40)23(19-5-4-14-32-15-19)24-25(42-29)28(38)35(27(24)37)21-12-6-17(2)7-13-21/h4-15,23-25H,3,16H2,1-2H3,(H,33,36). The third-order valence-corrected chi connectivity index (χ3v) is 9.97. The van der Waals surface area contributed by atoms with Crippen molar-refractivity contribution in [2.75, 3.05) is 16.8 Å². The third-order valence-electron chi connectivity index (χ3n) is 7.37. The fourth-order valence-corrected chi connectivity index (χ4v) is 8.14. The SMILES string of the molecule is CCOC(=O)c1ccc(NC(=O)Cn2c3c(sc2=O)C(c2cccnc2)C2C(=O)N(c4ccc(C)cc4)C(=O)C2S3)cc1. The number of esters is 1. The second-order valence-corrected chi connectivity index (χ2v) is 12.3. The second-order valence-electron chi connectivity index (χ2n) is 10.1. The second kappa shape index (κ2) is 11.6. The zero-order chi connectivity index (χ0) is 30.2. The van der Waals surface area contributed by atoms with Gasteiger partial charge in [0.1, 0.15) is 11.8 Å². The molecule has 10 nitrogen and oxygen atoms in total. The fraction of sp³-hybridized carbons (Fsp3) is 0.226. The Kier molecular flexibility index (Phi) is 7.72. The van der Waals surface area contributed by atoms with Crippen LogP contribution in [-0.2, 0) is 25.7 Å². The van der Waals surface area contributed by atoms with E-state index in [1.54, 1.807) is 61.8 Å². The number of thiazole rings is 1. The molecule has 3 unspecified atom stereocenters. The summed E-state index contributed by atoms with van der Waals surface area (Å²) in [5.41, 5.74) is 3.01. The number of nitrogens with zero attached hydrogens (tertiary/aromatic N) is 3. The van der Waals surface area contributed by atoms with Crippen LogP contribution in [-0.4, -0.2) is 45.1 Å². The lowest BCUT2D eigenvalue weighted by Gasteiger charge is -2.30. The molecule has 4 aromatic rings. The number of anilines is 2. The van der Waals surface area contributed by atoms with Gasteiger partial charge in [-0.3, -0.25) is 28.7 Å². The van der Waals surface area contributed by atoms with E-state index in [-0.39, 0.29) is 29.8 Å². The van der Waals surface area contributed by atoms with Gasteiger partial charge in [0.25, 0.3) is 0 Å². The minimum absolute atomic E-state index is 0.252. The van der Waals surface area contributed by atoms with Crippen molar-refractivity contribution in [2.45, 2.75) is 36.6 Å². The lowest BCUT2D eigenvalue weighted by atomic mass is 9.84. The number of benzene rings is 2. The van der Waals surface area contributed by atoms with Gasteiger partial charge in [0.05, 0.1) is 28.8 Å². The lowest BCUT2D eigenvalue weighted by Crippen LogP contribution is -2.33. The van der Waals surface area contributed by atoms with Crippen LogP contribution in [0.5, 0.6) is 0 Å². The van der Waals surface area contributed by atoms with E-state index in [1.165, 1.54) is 9.47 Å². The smallest absolute Gasteiger partial charge is 0.338 e. The highest BCUT2D eigenvalue weighted by atomic mass is 32.2. The number of carbonyl (C=O) groups is 4. The first-order chi connectivity index (χ1) is 20.8. The molecule has 2 aliphatic rings. The molecule has 2 aromatic carbocycles. The summed E-state index contributed by atoms with van der Waals surface area (Å²) in [6.07, 6.45) is 3.27. The fourth-order valence-electron chi connectivity index (χ4n) is 5.37. The maximum Gasteiger partial charge on any atom is 0.338 e. The molecule has 0 spiro atoms. The van der Waals surface area contributed by atoms with Crippen molar-refractivity contribution in [1.29, 1.82) is 0 Å². The van der Waals surface area contributed by atoms with Gasteiger partial charge in [0.15, 0.2) is 0 Å². The quantitative estimate of drug-likeness (QED) is 0.242. The molecule has 3 atom stereocenters. The van der Waals surface area contributed by atoms with E-state index in [4.69, 9.17) is 4.74 Å². The van der Waals surface area contributed by atoms with Crippen LogP contribution in [0.4, 0.5) is 11.4 Å². The van der Waals surface area contributed by atoms with Crippen LogP contribution in [0.1, 0.15) is 39.2 Å². The number of nitrogens with one attached hydrogen (secondary N) is 1. The van der Waals surface area contributed by atoms with Crippen LogP contribution in [0.25, 0.3) is 0 Å². The first kappa shape index (κ1) is 28.6. The molecule has 2 aliphatic heterocycles. The summed E-state index contributed by atoms with van der Waals surface area (Å²) in [5.74, 6) is -2.94. The van der Waals surface area contributed by atoms with Crippen molar-refractivity contribution >= 4 is 58.2 Å². The Balaban J connectivity index is 1.32. The monoisotopic (exact) mass is 614 g/mol. The highest BCUT2D eigenvalue weighted by molar-refractivity contribution is 8.00. The predicted octanol–water partition coefficient (Wildman–Crippen LogP) is 4.22. The van der Waals surface area contributed by atoms with E-state index >= 15 is 0 Å². The topological polar surface area (TPSA) is 128 Å². The van der Waals surface area contributed by atoms with Crippen molar-refractivity contribution in [2.24, 2.45) is 5.92 Å². The van der Waals surface area contributed by atoms with Crippen molar-refractivity contribution in [3.8, 4) is 0 Å². The van der Waals surface area contributed by atoms with E-state index < -0.39 is 29.0 Å². The van der Waals surface area contributed by atoms with Crippen molar-refractivity contribution < 1.29 is 23.9 Å². The van der Waals surface area contributed by atoms with E-state index in [0.717, 1.165) is 28.7 Å². The number of hydrogen-bond acceptors (Lipinski definition) is 9. The number of fused-ring (bicyclic) bond motifs is 2. The van der Waals surface area contributed by atoms with E-state index in [0.29, 0.717) is 32.4 Å². The zero-order valence-corrected chi connectivity index (χ0v) is 24.8. The molecular weight excluding hydrogens is 588 g/mol. The number of amides is 3. The van der Waals surface area contributed by atoms with Gasteiger partial charge in [-0.25, -0.2) is 9.69 Å². The molecular formula is C31H26N4O6S2. The Morgan fingerprint density at radius 3 is 2.42 bits per heavy atom. The van der Waals surface area contributed by atoms with Crippen LogP contribution in [0.2, 0.25) is 0 Å². The largest absolute Gasteiger partial charge is 0.462 e. The Labute approximate surface area is 254 Å². The lowest BCUT2D eigenvalue weighted by molar-refractivity contribution is -0.122.